The van der Waals surface area contributed by atoms with Crippen molar-refractivity contribution in [2.45, 2.75) is 12.2 Å². The highest BCUT2D eigenvalue weighted by Gasteiger charge is 2.07. The van der Waals surface area contributed by atoms with E-state index in [1.54, 1.807) is 17.8 Å². The van der Waals surface area contributed by atoms with Crippen LogP contribution >= 0.6 is 47.4 Å². The number of benzene rings is 1. The average molecular weight is 382 g/mol. The summed E-state index contributed by atoms with van der Waals surface area (Å²) in [4.78, 5) is 11.8. The molecule has 0 atom stereocenters. The molecule has 1 amide bonds. The summed E-state index contributed by atoms with van der Waals surface area (Å²) in [5, 5.41) is 7.48. The molecular weight excluding hydrogens is 363 g/mol. The Bertz CT molecular complexity index is 538. The van der Waals surface area contributed by atoms with Crippen LogP contribution in [0.1, 0.15) is 12.0 Å². The molecule has 0 bridgehead atoms. The SMILES string of the molecule is Cl.O=C(CSCc1ccc(Cl)cc1Cl)NCC1=CCNCC1. The Kier molecular flexibility index (Phi) is 9.29. The van der Waals surface area contributed by atoms with Gasteiger partial charge in [0.15, 0.2) is 0 Å². The van der Waals surface area contributed by atoms with Gasteiger partial charge < -0.3 is 10.6 Å². The first-order chi connectivity index (χ1) is 10.1. The van der Waals surface area contributed by atoms with Gasteiger partial charge in [-0.3, -0.25) is 4.79 Å². The number of hydrogen-bond acceptors (Lipinski definition) is 3. The number of carbonyl (C=O) groups excluding carboxylic acids is 1. The number of nitrogens with one attached hydrogen (secondary N) is 2. The van der Waals surface area contributed by atoms with Gasteiger partial charge in [-0.15, -0.1) is 24.2 Å². The summed E-state index contributed by atoms with van der Waals surface area (Å²) in [6.45, 7) is 2.54. The molecule has 0 unspecified atom stereocenters. The van der Waals surface area contributed by atoms with Crippen molar-refractivity contribution in [1.29, 1.82) is 0 Å². The standard InChI is InChI=1S/C15H18Cl2N2OS.ClH/c16-13-2-1-12(14(17)7-13)9-21-10-15(20)19-8-11-3-5-18-6-4-11;/h1-3,7,18H,4-6,8-10H2,(H,19,20);1H. The third kappa shape index (κ3) is 6.80. The van der Waals surface area contributed by atoms with Crippen LogP contribution < -0.4 is 10.6 Å². The Hall–Kier alpha value is -0.390. The van der Waals surface area contributed by atoms with E-state index in [2.05, 4.69) is 16.7 Å². The summed E-state index contributed by atoms with van der Waals surface area (Å²) in [5.74, 6) is 1.20. The van der Waals surface area contributed by atoms with Crippen molar-refractivity contribution in [3.63, 3.8) is 0 Å². The van der Waals surface area contributed by atoms with E-state index >= 15 is 0 Å². The van der Waals surface area contributed by atoms with Gasteiger partial charge in [0.25, 0.3) is 0 Å². The van der Waals surface area contributed by atoms with Crippen LogP contribution in [0.15, 0.2) is 29.8 Å². The van der Waals surface area contributed by atoms with Gasteiger partial charge in [0.05, 0.1) is 5.75 Å². The number of thioether (sulfide) groups is 1. The van der Waals surface area contributed by atoms with Crippen molar-refractivity contribution in [2.75, 3.05) is 25.4 Å². The van der Waals surface area contributed by atoms with E-state index in [4.69, 9.17) is 23.2 Å². The molecule has 0 radical (unpaired) electrons. The summed E-state index contributed by atoms with van der Waals surface area (Å²) in [5.41, 5.74) is 2.30. The molecule has 1 aromatic rings. The smallest absolute Gasteiger partial charge is 0.230 e. The van der Waals surface area contributed by atoms with Gasteiger partial charge in [0, 0.05) is 28.9 Å². The zero-order chi connectivity index (χ0) is 15.1. The van der Waals surface area contributed by atoms with Crippen molar-refractivity contribution in [1.82, 2.24) is 10.6 Å². The van der Waals surface area contributed by atoms with Gasteiger partial charge >= 0.3 is 0 Å². The highest BCUT2D eigenvalue weighted by Crippen LogP contribution is 2.24. The van der Waals surface area contributed by atoms with E-state index in [1.807, 2.05) is 12.1 Å². The minimum atomic E-state index is 0. The molecule has 0 aliphatic carbocycles. The van der Waals surface area contributed by atoms with Crippen LogP contribution in [0.4, 0.5) is 0 Å². The average Bonchev–Trinajstić information content (AvgIpc) is 2.48. The Balaban J connectivity index is 0.00000242. The number of amides is 1. The second kappa shape index (κ2) is 10.4. The number of hydrogen-bond donors (Lipinski definition) is 2. The lowest BCUT2D eigenvalue weighted by Gasteiger charge is -2.14. The van der Waals surface area contributed by atoms with Crippen LogP contribution in [0, 0.1) is 0 Å². The van der Waals surface area contributed by atoms with Gasteiger partial charge in [0.2, 0.25) is 5.91 Å². The summed E-state index contributed by atoms with van der Waals surface area (Å²) < 4.78 is 0. The third-order valence-corrected chi connectivity index (χ3v) is 4.74. The van der Waals surface area contributed by atoms with Crippen molar-refractivity contribution in [3.05, 3.63) is 45.5 Å². The molecule has 1 aliphatic rings. The van der Waals surface area contributed by atoms with Gasteiger partial charge in [-0.25, -0.2) is 0 Å². The van der Waals surface area contributed by atoms with Gasteiger partial charge in [0.1, 0.15) is 0 Å². The molecule has 3 nitrogen and oxygen atoms in total. The summed E-state index contributed by atoms with van der Waals surface area (Å²) >= 11 is 13.5. The van der Waals surface area contributed by atoms with Crippen LogP contribution in [0.2, 0.25) is 10.0 Å². The van der Waals surface area contributed by atoms with Crippen molar-refractivity contribution in [2.24, 2.45) is 0 Å². The molecule has 22 heavy (non-hydrogen) atoms. The molecule has 2 rings (SSSR count). The lowest BCUT2D eigenvalue weighted by Crippen LogP contribution is -2.30. The van der Waals surface area contributed by atoms with E-state index in [0.29, 0.717) is 28.1 Å². The maximum Gasteiger partial charge on any atom is 0.230 e. The molecule has 0 saturated heterocycles. The largest absolute Gasteiger partial charge is 0.352 e. The molecule has 0 spiro atoms. The van der Waals surface area contributed by atoms with E-state index in [0.717, 1.165) is 25.1 Å². The first-order valence-electron chi connectivity index (χ1n) is 6.82. The molecule has 1 aromatic carbocycles. The van der Waals surface area contributed by atoms with E-state index in [1.165, 1.54) is 5.57 Å². The van der Waals surface area contributed by atoms with Gasteiger partial charge in [-0.2, -0.15) is 0 Å². The van der Waals surface area contributed by atoms with Crippen molar-refractivity contribution in [3.8, 4) is 0 Å². The second-order valence-electron chi connectivity index (χ2n) is 4.82. The molecule has 1 heterocycles. The van der Waals surface area contributed by atoms with Crippen molar-refractivity contribution >= 4 is 53.3 Å². The van der Waals surface area contributed by atoms with Crippen LogP contribution in [0.5, 0.6) is 0 Å². The number of carbonyl (C=O) groups is 1. The van der Waals surface area contributed by atoms with E-state index in [9.17, 15) is 4.79 Å². The molecule has 2 N–H and O–H groups in total. The van der Waals surface area contributed by atoms with Crippen molar-refractivity contribution < 1.29 is 4.79 Å². The summed E-state index contributed by atoms with van der Waals surface area (Å²) in [7, 11) is 0. The lowest BCUT2D eigenvalue weighted by molar-refractivity contribution is -0.118. The van der Waals surface area contributed by atoms with E-state index < -0.39 is 0 Å². The molecule has 0 saturated carbocycles. The first kappa shape index (κ1) is 19.7. The third-order valence-electron chi connectivity index (χ3n) is 3.18. The Labute approximate surface area is 151 Å². The van der Waals surface area contributed by atoms with Gasteiger partial charge in [-0.1, -0.05) is 40.9 Å². The quantitative estimate of drug-likeness (QED) is 0.739. The van der Waals surface area contributed by atoms with E-state index in [-0.39, 0.29) is 18.3 Å². The van der Waals surface area contributed by atoms with Crippen LogP contribution in [0.25, 0.3) is 0 Å². The minimum Gasteiger partial charge on any atom is -0.352 e. The fourth-order valence-corrected chi connectivity index (χ4v) is 3.40. The topological polar surface area (TPSA) is 41.1 Å². The Morgan fingerprint density at radius 2 is 2.18 bits per heavy atom. The second-order valence-corrected chi connectivity index (χ2v) is 6.65. The molecule has 7 heteroatoms. The Morgan fingerprint density at radius 3 is 2.86 bits per heavy atom. The molecule has 0 fully saturated rings. The van der Waals surface area contributed by atoms with Crippen LogP contribution in [-0.4, -0.2) is 31.3 Å². The first-order valence-corrected chi connectivity index (χ1v) is 8.73. The van der Waals surface area contributed by atoms with Crippen LogP contribution in [0.3, 0.4) is 0 Å². The minimum absolute atomic E-state index is 0. The maximum atomic E-state index is 11.8. The molecule has 0 aromatic heterocycles. The fraction of sp³-hybridized carbons (Fsp3) is 0.400. The zero-order valence-corrected chi connectivity index (χ0v) is 15.2. The maximum absolute atomic E-state index is 11.8. The monoisotopic (exact) mass is 380 g/mol. The number of rotatable bonds is 6. The predicted octanol–water partition coefficient (Wildman–Crippen LogP) is 3.68. The predicted molar refractivity (Wildman–Crippen MR) is 98.5 cm³/mol. The molecule has 1 aliphatic heterocycles. The summed E-state index contributed by atoms with van der Waals surface area (Å²) in [6, 6.07) is 5.44. The Morgan fingerprint density at radius 1 is 1.36 bits per heavy atom. The highest BCUT2D eigenvalue weighted by atomic mass is 35.5. The fourth-order valence-electron chi connectivity index (χ4n) is 1.99. The zero-order valence-electron chi connectivity index (χ0n) is 12.0. The van der Waals surface area contributed by atoms with Gasteiger partial charge in [-0.05, 0) is 30.7 Å². The molecular formula is C15H19Cl3N2OS. The summed E-state index contributed by atoms with van der Waals surface area (Å²) in [6.07, 6.45) is 3.15. The molecule has 122 valence electrons. The number of halogens is 3. The van der Waals surface area contributed by atoms with Crippen LogP contribution in [-0.2, 0) is 10.5 Å². The normalized spacial score (nSPS) is 14.0. The highest BCUT2D eigenvalue weighted by molar-refractivity contribution is 7.99. The lowest BCUT2D eigenvalue weighted by atomic mass is 10.1.